The van der Waals surface area contributed by atoms with Gasteiger partial charge in [0, 0.05) is 41.3 Å². The van der Waals surface area contributed by atoms with Gasteiger partial charge >= 0.3 is 5.97 Å². The average Bonchev–Trinajstić information content (AvgIpc) is 3.44. The summed E-state index contributed by atoms with van der Waals surface area (Å²) in [6.07, 6.45) is 2.90. The van der Waals surface area contributed by atoms with Gasteiger partial charge in [-0.1, -0.05) is 49.7 Å². The number of H-pyrrole nitrogens is 1. The van der Waals surface area contributed by atoms with E-state index in [-0.39, 0.29) is 24.0 Å². The van der Waals surface area contributed by atoms with Crippen molar-refractivity contribution in [3.05, 3.63) is 100 Å². The molecule has 6 N–H and O–H groups in total. The summed E-state index contributed by atoms with van der Waals surface area (Å²) < 4.78 is 11.6. The van der Waals surface area contributed by atoms with Crippen molar-refractivity contribution in [2.75, 3.05) is 26.2 Å². The Kier molecular flexibility index (Phi) is 11.4. The van der Waals surface area contributed by atoms with Crippen LogP contribution in [0.4, 0.5) is 0 Å². The van der Waals surface area contributed by atoms with Crippen LogP contribution >= 0.6 is 0 Å². The number of aryl methyl sites for hydroxylation is 1. The van der Waals surface area contributed by atoms with Crippen LogP contribution in [-0.4, -0.2) is 64.1 Å². The van der Waals surface area contributed by atoms with Gasteiger partial charge in [0.1, 0.15) is 23.8 Å². The van der Waals surface area contributed by atoms with E-state index in [1.54, 1.807) is 37.2 Å². The van der Waals surface area contributed by atoms with E-state index in [9.17, 15) is 14.7 Å². The van der Waals surface area contributed by atoms with Gasteiger partial charge in [-0.05, 0) is 100.0 Å². The summed E-state index contributed by atoms with van der Waals surface area (Å²) in [4.78, 5) is 30.4. The summed E-state index contributed by atoms with van der Waals surface area (Å²) >= 11 is 0. The fourth-order valence-corrected chi connectivity index (χ4v) is 6.35. The number of Topliss-reactive ketones (excluding diaryl/α,β-unsaturated/α-hetero) is 1. The number of esters is 1. The van der Waals surface area contributed by atoms with Crippen molar-refractivity contribution >= 4 is 28.4 Å². The number of carbonyl (C=O) groups excluding carboxylic acids is 2. The lowest BCUT2D eigenvalue weighted by atomic mass is 9.95. The molecule has 0 amide bonds. The highest BCUT2D eigenvalue weighted by atomic mass is 16.5. The zero-order chi connectivity index (χ0) is 35.2. The van der Waals surface area contributed by atoms with Crippen LogP contribution in [0.5, 0.6) is 11.5 Å². The molecule has 1 fully saturated rings. The van der Waals surface area contributed by atoms with Crippen LogP contribution in [0, 0.1) is 12.8 Å². The Morgan fingerprint density at radius 2 is 1.84 bits per heavy atom. The SMILES string of the molecule is CC(=O)c1cccc(Oc2ccc(CN3CCC(CN(N)/C=C(\N)c4c(C(=O)OCC(C)O)[nH]c5ccc(C)cc45)CC3)cc2C(C)C)c1. The third kappa shape index (κ3) is 9.08. The first kappa shape index (κ1) is 35.7. The zero-order valence-electron chi connectivity index (χ0n) is 29.2. The summed E-state index contributed by atoms with van der Waals surface area (Å²) in [5.41, 5.74) is 12.5. The first-order valence-electron chi connectivity index (χ1n) is 17.0. The minimum atomic E-state index is -0.778. The molecule has 10 heteroatoms. The molecule has 2 heterocycles. The summed E-state index contributed by atoms with van der Waals surface area (Å²) in [5.74, 6) is 8.03. The molecule has 1 aliphatic rings. The minimum absolute atomic E-state index is 0.0109. The second-order valence-corrected chi connectivity index (χ2v) is 13.6. The van der Waals surface area contributed by atoms with E-state index in [0.717, 1.165) is 60.3 Å². The Bertz CT molecular complexity index is 1820. The van der Waals surface area contributed by atoms with E-state index in [0.29, 0.717) is 35.0 Å². The zero-order valence-corrected chi connectivity index (χ0v) is 29.2. The standard InChI is InChI=1S/C39H49N5O5/c1-24(2)32-18-29(10-12-36(32)49-31-8-6-7-30(19-31)27(5)46)20-43-15-13-28(14-16-43)21-44(41)22-34(40)37-33-17-25(3)9-11-35(33)42-38(37)39(47)48-23-26(4)45/h6-12,17-19,22,24,26,28,42,45H,13-16,20-21,23,40-41H2,1-5H3/b34-22-. The van der Waals surface area contributed by atoms with Crippen LogP contribution in [-0.2, 0) is 11.3 Å². The molecule has 0 saturated carbocycles. The largest absolute Gasteiger partial charge is 0.458 e. The van der Waals surface area contributed by atoms with Crippen molar-refractivity contribution in [3.63, 3.8) is 0 Å². The number of aromatic amines is 1. The number of fused-ring (bicyclic) bond motifs is 1. The number of likely N-dealkylation sites (tertiary alicyclic amines) is 1. The van der Waals surface area contributed by atoms with Crippen molar-refractivity contribution in [2.24, 2.45) is 17.5 Å². The highest BCUT2D eigenvalue weighted by Gasteiger charge is 2.24. The predicted molar refractivity (Wildman–Crippen MR) is 193 cm³/mol. The minimum Gasteiger partial charge on any atom is -0.458 e. The smallest absolute Gasteiger partial charge is 0.355 e. The molecule has 1 aromatic heterocycles. The number of aliphatic hydroxyl groups excluding tert-OH is 1. The number of hydrogen-bond acceptors (Lipinski definition) is 9. The van der Waals surface area contributed by atoms with E-state index < -0.39 is 12.1 Å². The molecule has 1 saturated heterocycles. The normalized spacial score (nSPS) is 15.1. The Labute approximate surface area is 288 Å². The molecule has 10 nitrogen and oxygen atoms in total. The lowest BCUT2D eigenvalue weighted by Gasteiger charge is -2.33. The molecule has 1 unspecified atom stereocenters. The second-order valence-electron chi connectivity index (χ2n) is 13.6. The van der Waals surface area contributed by atoms with Gasteiger partial charge in [-0.2, -0.15) is 0 Å². The summed E-state index contributed by atoms with van der Waals surface area (Å²) in [6, 6.07) is 19.5. The highest BCUT2D eigenvalue weighted by molar-refractivity contribution is 6.04. The van der Waals surface area contributed by atoms with Crippen molar-refractivity contribution in [2.45, 2.75) is 66.0 Å². The predicted octanol–water partition coefficient (Wildman–Crippen LogP) is 6.48. The van der Waals surface area contributed by atoms with Crippen LogP contribution in [0.15, 0.2) is 66.9 Å². The fourth-order valence-electron chi connectivity index (χ4n) is 6.35. The number of nitrogens with one attached hydrogen (secondary N) is 1. The molecule has 1 aliphatic heterocycles. The number of hydrogen-bond donors (Lipinski definition) is 4. The van der Waals surface area contributed by atoms with Crippen LogP contribution in [0.2, 0.25) is 0 Å². The fraction of sp³-hybridized carbons (Fsp3) is 0.385. The second kappa shape index (κ2) is 15.7. The molecule has 260 valence electrons. The van der Waals surface area contributed by atoms with Gasteiger partial charge in [-0.3, -0.25) is 9.69 Å². The maximum atomic E-state index is 13.0. The quantitative estimate of drug-likeness (QED) is 0.0545. The first-order chi connectivity index (χ1) is 23.4. The topological polar surface area (TPSA) is 147 Å². The van der Waals surface area contributed by atoms with E-state index >= 15 is 0 Å². The lowest BCUT2D eigenvalue weighted by Crippen LogP contribution is -2.39. The molecular formula is C39H49N5O5. The number of hydrazine groups is 1. The van der Waals surface area contributed by atoms with E-state index in [1.165, 1.54) is 5.56 Å². The monoisotopic (exact) mass is 667 g/mol. The van der Waals surface area contributed by atoms with Crippen LogP contribution in [0.25, 0.3) is 16.6 Å². The maximum absolute atomic E-state index is 13.0. The highest BCUT2D eigenvalue weighted by Crippen LogP contribution is 2.33. The van der Waals surface area contributed by atoms with Crippen molar-refractivity contribution in [1.82, 2.24) is 14.9 Å². The number of aromatic nitrogens is 1. The first-order valence-corrected chi connectivity index (χ1v) is 17.0. The van der Waals surface area contributed by atoms with Crippen molar-refractivity contribution < 1.29 is 24.2 Å². The number of ether oxygens (including phenoxy) is 2. The van der Waals surface area contributed by atoms with Gasteiger partial charge in [0.05, 0.1) is 11.8 Å². The number of nitrogens with zero attached hydrogens (tertiary/aromatic N) is 2. The number of piperidine rings is 1. The van der Waals surface area contributed by atoms with Crippen molar-refractivity contribution in [3.8, 4) is 11.5 Å². The Morgan fingerprint density at radius 1 is 1.08 bits per heavy atom. The molecule has 3 aromatic carbocycles. The Balaban J connectivity index is 1.20. The van der Waals surface area contributed by atoms with E-state index in [2.05, 4.69) is 35.9 Å². The van der Waals surface area contributed by atoms with Gasteiger partial charge in [0.2, 0.25) is 0 Å². The molecule has 5 rings (SSSR count). The maximum Gasteiger partial charge on any atom is 0.355 e. The molecular weight excluding hydrogens is 618 g/mol. The van der Waals surface area contributed by atoms with Gasteiger partial charge in [0.25, 0.3) is 0 Å². The number of nitrogens with two attached hydrogens (primary N) is 2. The van der Waals surface area contributed by atoms with Gasteiger partial charge in [-0.25, -0.2) is 10.6 Å². The molecule has 0 spiro atoms. The molecule has 0 aliphatic carbocycles. The van der Waals surface area contributed by atoms with E-state index in [1.807, 2.05) is 43.3 Å². The molecule has 49 heavy (non-hydrogen) atoms. The van der Waals surface area contributed by atoms with E-state index in [4.69, 9.17) is 21.1 Å². The third-order valence-electron chi connectivity index (χ3n) is 8.95. The van der Waals surface area contributed by atoms with Crippen LogP contribution in [0.1, 0.15) is 89.6 Å². The number of carbonyl (C=O) groups is 2. The molecule has 1 atom stereocenters. The molecule has 0 bridgehead atoms. The van der Waals surface area contributed by atoms with Gasteiger partial charge in [0.15, 0.2) is 5.78 Å². The van der Waals surface area contributed by atoms with Gasteiger partial charge < -0.3 is 30.3 Å². The lowest BCUT2D eigenvalue weighted by molar-refractivity contribution is 0.0291. The van der Waals surface area contributed by atoms with Gasteiger partial charge in [-0.15, -0.1) is 0 Å². The Morgan fingerprint density at radius 3 is 2.53 bits per heavy atom. The number of benzene rings is 3. The van der Waals surface area contributed by atoms with Crippen molar-refractivity contribution in [1.29, 1.82) is 0 Å². The van der Waals surface area contributed by atoms with Crippen LogP contribution < -0.4 is 16.3 Å². The molecule has 0 radical (unpaired) electrons. The number of aliphatic hydroxyl groups is 1. The average molecular weight is 668 g/mol. The Hall–Kier alpha value is -4.64. The summed E-state index contributed by atoms with van der Waals surface area (Å²) in [7, 11) is 0. The summed E-state index contributed by atoms with van der Waals surface area (Å²) in [5, 5.41) is 12.0. The number of ketones is 1. The third-order valence-corrected chi connectivity index (χ3v) is 8.95. The summed E-state index contributed by atoms with van der Waals surface area (Å²) in [6.45, 7) is 12.7. The number of rotatable bonds is 13. The molecule has 4 aromatic rings. The van der Waals surface area contributed by atoms with Crippen LogP contribution in [0.3, 0.4) is 0 Å².